The van der Waals surface area contributed by atoms with E-state index in [-0.39, 0.29) is 30.5 Å². The van der Waals surface area contributed by atoms with E-state index in [4.69, 9.17) is 5.73 Å². The molecule has 11 heteroatoms. The van der Waals surface area contributed by atoms with Crippen LogP contribution in [0.1, 0.15) is 44.6 Å². The first-order valence-corrected chi connectivity index (χ1v) is 11.6. The van der Waals surface area contributed by atoms with Crippen LogP contribution in [-0.2, 0) is 25.6 Å². The number of hydrogen-bond donors (Lipinski definition) is 7. The lowest BCUT2D eigenvalue weighted by Crippen LogP contribution is -2.56. The summed E-state index contributed by atoms with van der Waals surface area (Å²) in [7, 11) is 0. The first-order valence-electron chi connectivity index (χ1n) is 11.6. The highest BCUT2D eigenvalue weighted by Gasteiger charge is 2.30. The molecule has 8 N–H and O–H groups in total. The molecule has 0 bridgehead atoms. The van der Waals surface area contributed by atoms with Gasteiger partial charge < -0.3 is 37.2 Å². The highest BCUT2D eigenvalue weighted by molar-refractivity contribution is 5.94. The predicted octanol–water partition coefficient (Wildman–Crippen LogP) is -0.625. The monoisotopic (exact) mass is 477 g/mol. The molecule has 1 heterocycles. The lowest BCUT2D eigenvalue weighted by Gasteiger charge is -2.23. The third-order valence-corrected chi connectivity index (χ3v) is 5.70. The molecule has 0 saturated carbocycles. The van der Waals surface area contributed by atoms with Crippen LogP contribution in [0, 0.1) is 0 Å². The Bertz CT molecular complexity index is 841. The van der Waals surface area contributed by atoms with E-state index in [1.807, 2.05) is 0 Å². The number of unbranched alkanes of at least 4 members (excludes halogenated alkanes) is 1. The molecule has 1 aliphatic rings. The molecule has 1 aromatic carbocycles. The van der Waals surface area contributed by atoms with Gasteiger partial charge in [-0.25, -0.2) is 4.79 Å². The minimum Gasteiger partial charge on any atom is -0.508 e. The maximum Gasteiger partial charge on any atom is 0.326 e. The first-order chi connectivity index (χ1) is 16.2. The quantitative estimate of drug-likeness (QED) is 0.183. The maximum absolute atomic E-state index is 13.0. The van der Waals surface area contributed by atoms with Crippen molar-refractivity contribution in [1.82, 2.24) is 21.3 Å². The van der Waals surface area contributed by atoms with Crippen LogP contribution in [0.4, 0.5) is 0 Å². The molecule has 0 spiro atoms. The fourth-order valence-electron chi connectivity index (χ4n) is 3.68. The lowest BCUT2D eigenvalue weighted by molar-refractivity contribution is -0.142. The zero-order chi connectivity index (χ0) is 25.1. The van der Waals surface area contributed by atoms with Gasteiger partial charge in [0.2, 0.25) is 17.7 Å². The van der Waals surface area contributed by atoms with Gasteiger partial charge in [-0.3, -0.25) is 14.4 Å². The zero-order valence-corrected chi connectivity index (χ0v) is 19.4. The second kappa shape index (κ2) is 13.5. The molecular formula is C23H35N5O6. The minimum atomic E-state index is -1.16. The number of benzene rings is 1. The Morgan fingerprint density at radius 3 is 2.35 bits per heavy atom. The number of carbonyl (C=O) groups excluding carboxylic acids is 3. The van der Waals surface area contributed by atoms with Crippen molar-refractivity contribution in [3.63, 3.8) is 0 Å². The highest BCUT2D eigenvalue weighted by Crippen LogP contribution is 2.12. The van der Waals surface area contributed by atoms with Crippen LogP contribution < -0.4 is 27.0 Å². The van der Waals surface area contributed by atoms with Crippen LogP contribution in [0.25, 0.3) is 0 Å². The molecule has 1 aromatic rings. The summed E-state index contributed by atoms with van der Waals surface area (Å²) in [4.78, 5) is 49.6. The number of carbonyl (C=O) groups is 4. The summed E-state index contributed by atoms with van der Waals surface area (Å²) in [6, 6.07) is 2.80. The summed E-state index contributed by atoms with van der Waals surface area (Å²) in [5, 5.41) is 29.7. The maximum atomic E-state index is 13.0. The number of amides is 3. The lowest BCUT2D eigenvalue weighted by atomic mass is 10.0. The average Bonchev–Trinajstić information content (AvgIpc) is 3.34. The summed E-state index contributed by atoms with van der Waals surface area (Å²) >= 11 is 0. The van der Waals surface area contributed by atoms with Crippen molar-refractivity contribution in [2.75, 3.05) is 13.1 Å². The number of rotatable bonds is 13. The summed E-state index contributed by atoms with van der Waals surface area (Å²) in [5.41, 5.74) is 6.14. The smallest absolute Gasteiger partial charge is 0.326 e. The molecule has 0 aromatic heterocycles. The van der Waals surface area contributed by atoms with Crippen LogP contribution in [0.15, 0.2) is 24.3 Å². The molecule has 1 aliphatic heterocycles. The van der Waals surface area contributed by atoms with Crippen LogP contribution in [0.2, 0.25) is 0 Å². The van der Waals surface area contributed by atoms with Gasteiger partial charge >= 0.3 is 5.97 Å². The van der Waals surface area contributed by atoms with E-state index < -0.39 is 35.9 Å². The molecule has 0 radical (unpaired) electrons. The van der Waals surface area contributed by atoms with Crippen LogP contribution in [0.5, 0.6) is 5.75 Å². The number of phenolic OH excluding ortho intramolecular Hbond substituents is 1. The Kier molecular flexibility index (Phi) is 10.8. The zero-order valence-electron chi connectivity index (χ0n) is 19.4. The molecule has 11 nitrogen and oxygen atoms in total. The molecule has 1 fully saturated rings. The Balaban J connectivity index is 2.03. The Morgan fingerprint density at radius 1 is 1.06 bits per heavy atom. The van der Waals surface area contributed by atoms with Crippen molar-refractivity contribution in [2.24, 2.45) is 5.73 Å². The normalized spacial score (nSPS) is 17.9. The van der Waals surface area contributed by atoms with Crippen molar-refractivity contribution in [1.29, 1.82) is 0 Å². The van der Waals surface area contributed by atoms with E-state index in [2.05, 4.69) is 21.3 Å². The largest absolute Gasteiger partial charge is 0.508 e. The van der Waals surface area contributed by atoms with Gasteiger partial charge in [-0.2, -0.15) is 0 Å². The number of phenols is 1. The minimum absolute atomic E-state index is 0.0775. The second-order valence-electron chi connectivity index (χ2n) is 8.49. The van der Waals surface area contributed by atoms with Crippen molar-refractivity contribution in [3.8, 4) is 5.75 Å². The number of nitrogens with one attached hydrogen (secondary N) is 4. The summed E-state index contributed by atoms with van der Waals surface area (Å²) < 4.78 is 0. The number of nitrogens with two attached hydrogens (primary N) is 1. The molecule has 2 rings (SSSR count). The fraction of sp³-hybridized carbons (Fsp3) is 0.565. The third kappa shape index (κ3) is 8.64. The first kappa shape index (κ1) is 27.1. The van der Waals surface area contributed by atoms with Gasteiger partial charge in [0, 0.05) is 6.42 Å². The SMILES string of the molecule is CC(NC(=O)C(Cc1ccc(O)cc1)NC(=O)C1CCCN1)C(=O)NC(CCCCN)C(=O)O. The standard InChI is InChI=1S/C23H35N5O6/c1-14(20(30)27-18(23(33)34)5-2-3-11-24)26-22(32)19(13-15-7-9-16(29)10-8-15)28-21(31)17-6-4-12-25-17/h7-10,14,17-19,25,29H,2-6,11-13,24H2,1H3,(H,26,32)(H,27,30)(H,28,31)(H,33,34). The van der Waals surface area contributed by atoms with Crippen molar-refractivity contribution >= 4 is 23.7 Å². The molecule has 3 amide bonds. The van der Waals surface area contributed by atoms with Gasteiger partial charge in [0.05, 0.1) is 6.04 Å². The second-order valence-corrected chi connectivity index (χ2v) is 8.49. The van der Waals surface area contributed by atoms with E-state index in [0.717, 1.165) is 13.0 Å². The molecule has 4 unspecified atom stereocenters. The van der Waals surface area contributed by atoms with Gasteiger partial charge in [0.15, 0.2) is 0 Å². The third-order valence-electron chi connectivity index (χ3n) is 5.70. The molecule has 0 aliphatic carbocycles. The Hall–Kier alpha value is -3.18. The number of aromatic hydroxyl groups is 1. The van der Waals surface area contributed by atoms with E-state index in [0.29, 0.717) is 31.4 Å². The molecular weight excluding hydrogens is 442 g/mol. The molecule has 34 heavy (non-hydrogen) atoms. The van der Waals surface area contributed by atoms with Gasteiger partial charge in [-0.05, 0) is 69.8 Å². The topological polar surface area (TPSA) is 183 Å². The molecule has 188 valence electrons. The van der Waals surface area contributed by atoms with Gasteiger partial charge in [0.25, 0.3) is 0 Å². The van der Waals surface area contributed by atoms with Gasteiger partial charge in [-0.15, -0.1) is 0 Å². The van der Waals surface area contributed by atoms with Crippen molar-refractivity contribution in [3.05, 3.63) is 29.8 Å². The summed E-state index contributed by atoms with van der Waals surface area (Å²) in [5.74, 6) is -2.60. The molecule has 1 saturated heterocycles. The van der Waals surface area contributed by atoms with Crippen LogP contribution in [0.3, 0.4) is 0 Å². The van der Waals surface area contributed by atoms with E-state index in [9.17, 15) is 29.4 Å². The van der Waals surface area contributed by atoms with Crippen molar-refractivity contribution < 1.29 is 29.4 Å². The van der Waals surface area contributed by atoms with Crippen LogP contribution >= 0.6 is 0 Å². The van der Waals surface area contributed by atoms with Crippen LogP contribution in [-0.4, -0.2) is 71.2 Å². The number of carboxylic acids is 1. The van der Waals surface area contributed by atoms with E-state index in [1.54, 1.807) is 12.1 Å². The fourth-order valence-corrected chi connectivity index (χ4v) is 3.68. The highest BCUT2D eigenvalue weighted by atomic mass is 16.4. The number of carboxylic acid groups (broad SMARTS) is 1. The number of hydrogen-bond acceptors (Lipinski definition) is 7. The van der Waals surface area contributed by atoms with E-state index >= 15 is 0 Å². The van der Waals surface area contributed by atoms with Gasteiger partial charge in [-0.1, -0.05) is 12.1 Å². The number of aliphatic carboxylic acids is 1. The summed E-state index contributed by atoms with van der Waals surface area (Å²) in [6.07, 6.45) is 3.09. The van der Waals surface area contributed by atoms with Crippen molar-refractivity contribution in [2.45, 2.75) is 69.6 Å². The Labute approximate surface area is 198 Å². The Morgan fingerprint density at radius 2 is 1.76 bits per heavy atom. The molecule has 4 atom stereocenters. The average molecular weight is 478 g/mol. The summed E-state index contributed by atoms with van der Waals surface area (Å²) in [6.45, 7) is 2.60. The van der Waals surface area contributed by atoms with Gasteiger partial charge in [0.1, 0.15) is 23.9 Å². The predicted molar refractivity (Wildman–Crippen MR) is 125 cm³/mol. The van der Waals surface area contributed by atoms with E-state index in [1.165, 1.54) is 19.1 Å².